The monoisotopic (exact) mass is 390 g/mol. The van der Waals surface area contributed by atoms with Crippen LogP contribution in [0, 0.1) is 0 Å². The number of fused-ring (bicyclic) bond motifs is 10. The summed E-state index contributed by atoms with van der Waals surface area (Å²) in [4.78, 5) is 10.8. The fraction of sp³-hybridized carbons (Fsp3) is 1.00. The van der Waals surface area contributed by atoms with Crippen molar-refractivity contribution in [3.05, 3.63) is 0 Å². The minimum atomic E-state index is -3.22. The van der Waals surface area contributed by atoms with Gasteiger partial charge in [0.25, 0.3) is 0 Å². The standard InChI is InChI=1S/2C9H15OSi.Fe/c2*1-11(2,3)10-8-9-6-4-5-7-9;/h2*4-7H,8H2,1-3H3;. The van der Waals surface area contributed by atoms with Crippen LogP contribution in [0.3, 0.4) is 0 Å². The molecule has 10 heterocycles. The van der Waals surface area contributed by atoms with Gasteiger partial charge in [0.15, 0.2) is 0 Å². The summed E-state index contributed by atoms with van der Waals surface area (Å²) in [6.07, 6.45) is 0. The summed E-state index contributed by atoms with van der Waals surface area (Å²) in [6.45, 7) is 13.7. The van der Waals surface area contributed by atoms with Crippen LogP contribution in [0.15, 0.2) is 0 Å². The number of hydrogen-bond donors (Lipinski definition) is 0. The summed E-state index contributed by atoms with van der Waals surface area (Å²) in [5, 5.41) is 0. The average molecular weight is 390 g/mol. The predicted molar refractivity (Wildman–Crippen MR) is 94.0 cm³/mol. The molecule has 0 N–H and O–H groups in total. The Morgan fingerprint density at radius 2 is 0.957 bits per heavy atom. The fourth-order valence-corrected chi connectivity index (χ4v) is 97.3. The fourth-order valence-electron chi connectivity index (χ4n) is 18.9. The van der Waals surface area contributed by atoms with Crippen LogP contribution >= 0.6 is 0 Å². The predicted octanol–water partition coefficient (Wildman–Crippen LogP) is 5.82. The molecule has 0 saturated carbocycles. The summed E-state index contributed by atoms with van der Waals surface area (Å²) in [5.41, 5.74) is 0. The molecule has 0 amide bonds. The van der Waals surface area contributed by atoms with Gasteiger partial charge in [0.2, 0.25) is 0 Å². The van der Waals surface area contributed by atoms with Crippen molar-refractivity contribution in [2.24, 2.45) is 0 Å². The first-order valence-electron chi connectivity index (χ1n) is 9.83. The third-order valence-corrected chi connectivity index (χ3v) is 62.8. The van der Waals surface area contributed by atoms with E-state index in [4.69, 9.17) is 8.85 Å². The Morgan fingerprint density at radius 1 is 0.652 bits per heavy atom. The van der Waals surface area contributed by atoms with Gasteiger partial charge in [-0.15, -0.1) is 0 Å². The van der Waals surface area contributed by atoms with E-state index in [1.54, 1.807) is 0 Å². The maximum absolute atomic E-state index is 6.69. The average Bonchev–Trinajstić information content (AvgIpc) is 3.35. The zero-order valence-corrected chi connectivity index (χ0v) is 18.3. The van der Waals surface area contributed by atoms with Crippen molar-refractivity contribution in [2.75, 3.05) is 13.2 Å². The second-order valence-electron chi connectivity index (χ2n) is 14.9. The van der Waals surface area contributed by atoms with Crippen molar-refractivity contribution in [3.8, 4) is 0 Å². The quantitative estimate of drug-likeness (QED) is 0.532. The van der Waals surface area contributed by atoms with E-state index in [-0.39, 0.29) is 0 Å². The first-order valence-corrected chi connectivity index (χ1v) is 22.9. The van der Waals surface area contributed by atoms with E-state index in [1.807, 2.05) is 0 Å². The molecule has 8 atom stereocenters. The van der Waals surface area contributed by atoms with Gasteiger partial charge in [0, 0.05) is 0 Å². The zero-order valence-electron chi connectivity index (χ0n) is 15.2. The molecule has 0 aromatic heterocycles. The summed E-state index contributed by atoms with van der Waals surface area (Å²) in [6, 6.07) is 0. The van der Waals surface area contributed by atoms with Crippen molar-refractivity contribution in [3.63, 3.8) is 0 Å². The number of hydrogen-bond acceptors (Lipinski definition) is 2. The van der Waals surface area contributed by atoms with Crippen molar-refractivity contribution in [1.82, 2.24) is 0 Å². The Kier molecular flexibility index (Phi) is 0.574. The second-order valence-corrected chi connectivity index (χ2v) is 47.3. The van der Waals surface area contributed by atoms with Crippen LogP contribution in [0.25, 0.3) is 0 Å². The molecule has 0 radical (unpaired) electrons. The molecule has 5 heteroatoms. The zero-order chi connectivity index (χ0) is 15.8. The maximum atomic E-state index is 6.69. The minimum absolute atomic E-state index is 0.886. The van der Waals surface area contributed by atoms with Crippen LogP contribution in [-0.2, 0) is 15.4 Å². The van der Waals surface area contributed by atoms with Gasteiger partial charge in [-0.25, -0.2) is 0 Å². The van der Waals surface area contributed by atoms with Gasteiger partial charge in [-0.05, 0) is 0 Å². The number of rotatable bonds is 6. The van der Waals surface area contributed by atoms with Crippen molar-refractivity contribution >= 4 is 16.6 Å². The SMILES string of the molecule is C[Si](C)(C)OC[C]12[CH]3[CH]4[CH]5[CH]1[Fe]45321678[CH]2[CH]1[CH]6[C]7(CO[Si](C)(C)C)[CH]28. The molecule has 0 bridgehead atoms. The van der Waals surface area contributed by atoms with E-state index < -0.39 is 23.1 Å². The van der Waals surface area contributed by atoms with Crippen LogP contribution in [0.5, 0.6) is 0 Å². The Morgan fingerprint density at radius 3 is 1.17 bits per heavy atom. The molecule has 130 valence electrons. The van der Waals surface area contributed by atoms with Crippen molar-refractivity contribution in [1.29, 1.82) is 0 Å². The van der Waals surface area contributed by atoms with Crippen molar-refractivity contribution in [2.45, 2.75) is 86.4 Å². The van der Waals surface area contributed by atoms with E-state index >= 15 is 0 Å². The van der Waals surface area contributed by atoms with Crippen LogP contribution < -0.4 is 0 Å². The Balaban J connectivity index is 1.22. The van der Waals surface area contributed by atoms with Gasteiger partial charge in [-0.3, -0.25) is 0 Å². The molecular formula is C18H30FeO2Si2. The molecular weight excluding hydrogens is 360 g/mol. The Labute approximate surface area is 131 Å². The third-order valence-electron chi connectivity index (χ3n) is 16.9. The summed E-state index contributed by atoms with van der Waals surface area (Å²) in [7, 11) is -2.73. The van der Waals surface area contributed by atoms with Crippen molar-refractivity contribution < 1.29 is 15.4 Å². The van der Waals surface area contributed by atoms with Gasteiger partial charge in [-0.2, -0.15) is 0 Å². The molecule has 10 rings (SSSR count). The van der Waals surface area contributed by atoms with Crippen LogP contribution in [0.2, 0.25) is 86.4 Å². The third kappa shape index (κ3) is 0.172. The second kappa shape index (κ2) is 1.14. The van der Waals surface area contributed by atoms with E-state index in [0.717, 1.165) is 8.63 Å². The molecule has 0 aromatic carbocycles. The molecule has 0 aromatic rings. The summed E-state index contributed by atoms with van der Waals surface area (Å²) < 4.78 is 15.1. The van der Waals surface area contributed by atoms with Crippen LogP contribution in [0.4, 0.5) is 0 Å². The van der Waals surface area contributed by atoms with Gasteiger partial charge in [0.1, 0.15) is 0 Å². The summed E-state index contributed by atoms with van der Waals surface area (Å²) in [5.74, 6) is 0. The van der Waals surface area contributed by atoms with E-state index in [1.165, 1.54) is 51.7 Å². The van der Waals surface area contributed by atoms with E-state index in [0.29, 0.717) is 0 Å². The molecule has 10 aliphatic rings. The van der Waals surface area contributed by atoms with Crippen LogP contribution in [-0.4, -0.2) is 29.8 Å². The Bertz CT molecular complexity index is 1060. The molecule has 23 heavy (non-hydrogen) atoms. The van der Waals surface area contributed by atoms with E-state index in [2.05, 4.69) is 39.3 Å². The normalized spacial score (nSPS) is 96.1. The van der Waals surface area contributed by atoms with Gasteiger partial charge < -0.3 is 0 Å². The molecule has 2 nitrogen and oxygen atoms in total. The Hall–Kier alpha value is 0.873. The molecule has 8 unspecified atom stereocenters. The first kappa shape index (κ1) is 11.6. The van der Waals surface area contributed by atoms with Gasteiger partial charge in [0.05, 0.1) is 0 Å². The molecule has 10 aliphatic heterocycles. The first-order chi connectivity index (χ1) is 10.3. The molecule has 10 saturated heterocycles. The van der Waals surface area contributed by atoms with Gasteiger partial charge >= 0.3 is 132 Å². The molecule has 10 fully saturated rings. The summed E-state index contributed by atoms with van der Waals surface area (Å²) >= 11 is 0. The molecule has 1 spiro atoms. The molecule has 0 aliphatic carbocycles. The van der Waals surface area contributed by atoms with Gasteiger partial charge in [-0.1, -0.05) is 0 Å². The topological polar surface area (TPSA) is 18.5 Å². The van der Waals surface area contributed by atoms with E-state index in [9.17, 15) is 0 Å². The van der Waals surface area contributed by atoms with Crippen LogP contribution in [0.1, 0.15) is 0 Å².